The van der Waals surface area contributed by atoms with Gasteiger partial charge in [0, 0.05) is 12.6 Å². The fourth-order valence-electron chi connectivity index (χ4n) is 3.01. The predicted octanol–water partition coefficient (Wildman–Crippen LogP) is 4.92. The number of nitrogens with zero attached hydrogens (tertiary/aromatic N) is 1. The van der Waals surface area contributed by atoms with Gasteiger partial charge in [-0.1, -0.05) is 36.9 Å². The van der Waals surface area contributed by atoms with Gasteiger partial charge in [-0.05, 0) is 59.0 Å². The zero-order chi connectivity index (χ0) is 18.4. The van der Waals surface area contributed by atoms with E-state index in [1.165, 1.54) is 16.7 Å². The lowest BCUT2D eigenvalue weighted by Crippen LogP contribution is -2.01. The molecule has 0 aliphatic rings. The summed E-state index contributed by atoms with van der Waals surface area (Å²) in [6, 6.07) is 18.3. The molecule has 2 aromatic carbocycles. The third-order valence-electron chi connectivity index (χ3n) is 4.45. The Bertz CT molecular complexity index is 800. The summed E-state index contributed by atoms with van der Waals surface area (Å²) in [7, 11) is 3.36. The molecule has 26 heavy (non-hydrogen) atoms. The summed E-state index contributed by atoms with van der Waals surface area (Å²) in [6.07, 6.45) is 5.39. The Morgan fingerprint density at radius 3 is 1.85 bits per heavy atom. The molecule has 0 spiro atoms. The molecule has 132 valence electrons. The summed E-state index contributed by atoms with van der Waals surface area (Å²) in [6.45, 7) is 4.01. The van der Waals surface area contributed by atoms with E-state index in [0.29, 0.717) is 0 Å². The molecule has 0 radical (unpaired) electrons. The van der Waals surface area contributed by atoms with E-state index in [9.17, 15) is 0 Å². The van der Waals surface area contributed by atoms with Crippen LogP contribution in [0.4, 0.5) is 0 Å². The van der Waals surface area contributed by atoms with Gasteiger partial charge in [0.1, 0.15) is 11.5 Å². The third-order valence-corrected chi connectivity index (χ3v) is 4.45. The van der Waals surface area contributed by atoms with E-state index >= 15 is 0 Å². The van der Waals surface area contributed by atoms with Crippen LogP contribution in [-0.2, 0) is 12.8 Å². The Hall–Kier alpha value is -3.07. The molecule has 0 N–H and O–H groups in total. The zero-order valence-corrected chi connectivity index (χ0v) is 15.2. The van der Waals surface area contributed by atoms with Crippen molar-refractivity contribution >= 4 is 6.08 Å². The van der Waals surface area contributed by atoms with Gasteiger partial charge in [-0.3, -0.25) is 4.98 Å². The number of benzene rings is 2. The second-order valence-electron chi connectivity index (χ2n) is 6.08. The minimum Gasteiger partial charge on any atom is -0.497 e. The molecule has 0 saturated heterocycles. The van der Waals surface area contributed by atoms with Crippen LogP contribution in [0.1, 0.15) is 27.9 Å². The summed E-state index contributed by atoms with van der Waals surface area (Å²) >= 11 is 0. The minimum atomic E-state index is 0.766. The Balaban J connectivity index is 1.84. The normalized spacial score (nSPS) is 10.4. The molecule has 3 nitrogen and oxygen atoms in total. The highest BCUT2D eigenvalue weighted by Gasteiger charge is 2.09. The molecule has 0 aliphatic heterocycles. The monoisotopic (exact) mass is 345 g/mol. The molecule has 0 saturated carbocycles. The van der Waals surface area contributed by atoms with Crippen LogP contribution in [0.3, 0.4) is 0 Å². The topological polar surface area (TPSA) is 31.4 Å². The van der Waals surface area contributed by atoms with Crippen molar-refractivity contribution in [2.45, 2.75) is 12.8 Å². The molecular formula is C23H23NO2. The molecule has 0 unspecified atom stereocenters. The van der Waals surface area contributed by atoms with Crippen LogP contribution in [-0.4, -0.2) is 19.2 Å². The van der Waals surface area contributed by atoms with Gasteiger partial charge in [-0.2, -0.15) is 0 Å². The van der Waals surface area contributed by atoms with Gasteiger partial charge in [-0.15, -0.1) is 0 Å². The van der Waals surface area contributed by atoms with Crippen molar-refractivity contribution in [2.75, 3.05) is 14.2 Å². The molecule has 0 fully saturated rings. The Morgan fingerprint density at radius 2 is 1.35 bits per heavy atom. The quantitative estimate of drug-likeness (QED) is 0.609. The number of methoxy groups -OCH3 is 2. The maximum absolute atomic E-state index is 5.23. The van der Waals surface area contributed by atoms with Gasteiger partial charge in [0.05, 0.1) is 19.9 Å². The number of hydrogen-bond donors (Lipinski definition) is 0. The summed E-state index contributed by atoms with van der Waals surface area (Å²) in [4.78, 5) is 4.59. The highest BCUT2D eigenvalue weighted by atomic mass is 16.5. The second-order valence-corrected chi connectivity index (χ2v) is 6.08. The number of aromatic nitrogens is 1. The number of pyridine rings is 1. The Labute approximate surface area is 154 Å². The number of hydrogen-bond acceptors (Lipinski definition) is 3. The van der Waals surface area contributed by atoms with Crippen LogP contribution < -0.4 is 9.47 Å². The first-order valence-corrected chi connectivity index (χ1v) is 8.58. The second kappa shape index (κ2) is 8.34. The van der Waals surface area contributed by atoms with E-state index < -0.39 is 0 Å². The van der Waals surface area contributed by atoms with Gasteiger partial charge < -0.3 is 9.47 Å². The molecule has 0 amide bonds. The van der Waals surface area contributed by atoms with Crippen molar-refractivity contribution in [3.63, 3.8) is 0 Å². The maximum Gasteiger partial charge on any atom is 0.118 e. The van der Waals surface area contributed by atoms with Crippen LogP contribution in [0.5, 0.6) is 11.5 Å². The highest BCUT2D eigenvalue weighted by Crippen LogP contribution is 2.22. The summed E-state index contributed by atoms with van der Waals surface area (Å²) < 4.78 is 10.5. The molecule has 0 aliphatic carbocycles. The highest BCUT2D eigenvalue weighted by molar-refractivity contribution is 5.56. The van der Waals surface area contributed by atoms with Gasteiger partial charge >= 0.3 is 0 Å². The van der Waals surface area contributed by atoms with Gasteiger partial charge in [0.25, 0.3) is 0 Å². The van der Waals surface area contributed by atoms with Crippen molar-refractivity contribution in [3.05, 3.63) is 95.3 Å². The first-order valence-electron chi connectivity index (χ1n) is 8.58. The van der Waals surface area contributed by atoms with Gasteiger partial charge in [0.2, 0.25) is 0 Å². The molecule has 0 bridgehead atoms. The van der Waals surface area contributed by atoms with E-state index in [4.69, 9.17) is 9.47 Å². The van der Waals surface area contributed by atoms with Crippen molar-refractivity contribution < 1.29 is 9.47 Å². The van der Waals surface area contributed by atoms with Crippen molar-refractivity contribution in [2.24, 2.45) is 0 Å². The zero-order valence-electron chi connectivity index (χ0n) is 15.2. The fourth-order valence-corrected chi connectivity index (χ4v) is 3.01. The predicted molar refractivity (Wildman–Crippen MR) is 106 cm³/mol. The lowest BCUT2D eigenvalue weighted by atomic mass is 9.96. The van der Waals surface area contributed by atoms with Crippen LogP contribution >= 0.6 is 0 Å². The molecule has 3 rings (SSSR count). The standard InChI is InChI=1S/C23H23NO2/c1-4-22-19(15-17-5-9-20(25-2)10-6-17)13-14-24-23(22)16-18-7-11-21(26-3)12-8-18/h4-14H,1,15-16H2,2-3H3. The summed E-state index contributed by atoms with van der Waals surface area (Å²) in [5.41, 5.74) is 5.80. The average Bonchev–Trinajstić information content (AvgIpc) is 2.69. The molecule has 1 aromatic heterocycles. The lowest BCUT2D eigenvalue weighted by Gasteiger charge is -2.12. The van der Waals surface area contributed by atoms with E-state index in [0.717, 1.165) is 35.6 Å². The SMILES string of the molecule is C=Cc1c(Cc2ccc(OC)cc2)ccnc1Cc1ccc(OC)cc1. The summed E-state index contributed by atoms with van der Waals surface area (Å²) in [5, 5.41) is 0. The Kier molecular flexibility index (Phi) is 5.69. The van der Waals surface area contributed by atoms with E-state index in [1.54, 1.807) is 14.2 Å². The summed E-state index contributed by atoms with van der Waals surface area (Å²) in [5.74, 6) is 1.73. The van der Waals surface area contributed by atoms with E-state index in [-0.39, 0.29) is 0 Å². The third kappa shape index (κ3) is 4.12. The van der Waals surface area contributed by atoms with Crippen LogP contribution in [0, 0.1) is 0 Å². The largest absolute Gasteiger partial charge is 0.497 e. The molecule has 0 atom stereocenters. The number of ether oxygens (including phenoxy) is 2. The molecule has 1 heterocycles. The van der Waals surface area contributed by atoms with E-state index in [1.807, 2.05) is 36.5 Å². The molecular weight excluding hydrogens is 322 g/mol. The number of rotatable bonds is 7. The smallest absolute Gasteiger partial charge is 0.118 e. The van der Waals surface area contributed by atoms with Crippen molar-refractivity contribution in [3.8, 4) is 11.5 Å². The maximum atomic E-state index is 5.23. The molecule has 3 heteroatoms. The lowest BCUT2D eigenvalue weighted by molar-refractivity contribution is 0.414. The first-order chi connectivity index (χ1) is 12.7. The van der Waals surface area contributed by atoms with Crippen molar-refractivity contribution in [1.29, 1.82) is 0 Å². The van der Waals surface area contributed by atoms with Crippen LogP contribution in [0.25, 0.3) is 6.08 Å². The molecule has 3 aromatic rings. The van der Waals surface area contributed by atoms with Gasteiger partial charge in [-0.25, -0.2) is 0 Å². The van der Waals surface area contributed by atoms with Crippen LogP contribution in [0.15, 0.2) is 67.4 Å². The minimum absolute atomic E-state index is 0.766. The average molecular weight is 345 g/mol. The Morgan fingerprint density at radius 1 is 0.808 bits per heavy atom. The van der Waals surface area contributed by atoms with Crippen LogP contribution in [0.2, 0.25) is 0 Å². The van der Waals surface area contributed by atoms with Crippen molar-refractivity contribution in [1.82, 2.24) is 4.98 Å². The van der Waals surface area contributed by atoms with E-state index in [2.05, 4.69) is 41.9 Å². The van der Waals surface area contributed by atoms with Gasteiger partial charge in [0.15, 0.2) is 0 Å². The fraction of sp³-hybridized carbons (Fsp3) is 0.174. The first kappa shape index (κ1) is 17.7.